The Hall–Kier alpha value is -3.89. The number of aromatic nitrogens is 4. The number of carbonyl (C=O) groups is 1. The van der Waals surface area contributed by atoms with Crippen LogP contribution in [0.4, 0.5) is 17.3 Å². The minimum absolute atomic E-state index is 0.121. The summed E-state index contributed by atoms with van der Waals surface area (Å²) in [4.78, 5) is 29.8. The molecule has 1 aliphatic rings. The number of nitrogens with zero attached hydrogens (tertiary/aromatic N) is 6. The zero-order valence-electron chi connectivity index (χ0n) is 20.1. The molecule has 5 rings (SSSR count). The number of halogens is 1. The Labute approximate surface area is 213 Å². The molecule has 0 unspecified atom stereocenters. The van der Waals surface area contributed by atoms with Gasteiger partial charge in [-0.2, -0.15) is 0 Å². The van der Waals surface area contributed by atoms with Gasteiger partial charge >= 0.3 is 0 Å². The van der Waals surface area contributed by atoms with E-state index in [-0.39, 0.29) is 5.91 Å². The van der Waals surface area contributed by atoms with Crippen molar-refractivity contribution in [2.75, 3.05) is 57.1 Å². The van der Waals surface area contributed by atoms with E-state index in [4.69, 9.17) is 21.3 Å². The molecule has 2 N–H and O–H groups in total. The molecule has 0 atom stereocenters. The summed E-state index contributed by atoms with van der Waals surface area (Å²) in [7, 11) is 3.41. The average molecular weight is 507 g/mol. The summed E-state index contributed by atoms with van der Waals surface area (Å²) in [6, 6.07) is 11.7. The summed E-state index contributed by atoms with van der Waals surface area (Å²) in [5.74, 6) is 1.17. The molecule has 4 heterocycles. The van der Waals surface area contributed by atoms with Gasteiger partial charge in [-0.15, -0.1) is 0 Å². The third-order valence-electron chi connectivity index (χ3n) is 6.16. The second-order valence-electron chi connectivity index (χ2n) is 8.37. The minimum atomic E-state index is 0.121. The summed E-state index contributed by atoms with van der Waals surface area (Å²) in [5.41, 5.74) is 3.90. The molecule has 1 saturated heterocycles. The van der Waals surface area contributed by atoms with Crippen LogP contribution in [0.25, 0.3) is 17.0 Å². The fourth-order valence-corrected chi connectivity index (χ4v) is 4.49. The molecule has 0 radical (unpaired) electrons. The first-order chi connectivity index (χ1) is 17.6. The lowest BCUT2D eigenvalue weighted by Gasteiger charge is -2.36. The summed E-state index contributed by atoms with van der Waals surface area (Å²) in [6.07, 6.45) is 5.24. The van der Waals surface area contributed by atoms with Gasteiger partial charge < -0.3 is 25.2 Å². The fraction of sp³-hybridized carbons (Fsp3) is 0.280. The molecule has 1 fully saturated rings. The quantitative estimate of drug-likeness (QED) is 0.394. The standard InChI is InChI=1S/C25H27ClN8O2/c1-27-16-23(35)33-11-9-32(10-12-33)17-6-7-21(36-2)19(13-17)30-25-29-14-18(26)24(31-25)20-15-28-22-5-3-4-8-34(20)22/h3-8,13-15,27H,9-12,16H2,1-2H3,(H,29,30,31). The van der Waals surface area contributed by atoms with Gasteiger partial charge in [-0.1, -0.05) is 17.7 Å². The number of imidazole rings is 1. The zero-order chi connectivity index (χ0) is 25.1. The predicted molar refractivity (Wildman–Crippen MR) is 140 cm³/mol. The molecule has 0 spiro atoms. The second kappa shape index (κ2) is 10.4. The largest absolute Gasteiger partial charge is 0.495 e. The SMILES string of the molecule is CNCC(=O)N1CCN(c2ccc(OC)c(Nc3ncc(Cl)c(-c4cnc5ccccn45)n3)c2)CC1. The number of benzene rings is 1. The molecular formula is C25H27ClN8O2. The first-order valence-electron chi connectivity index (χ1n) is 11.6. The Balaban J connectivity index is 1.39. The van der Waals surface area contributed by atoms with Gasteiger partial charge in [-0.3, -0.25) is 9.20 Å². The highest BCUT2D eigenvalue weighted by molar-refractivity contribution is 6.32. The number of ether oxygens (including phenoxy) is 1. The van der Waals surface area contributed by atoms with Crippen molar-refractivity contribution in [1.82, 2.24) is 29.6 Å². The van der Waals surface area contributed by atoms with Gasteiger partial charge in [-0.25, -0.2) is 15.0 Å². The van der Waals surface area contributed by atoms with Crippen molar-refractivity contribution >= 4 is 40.5 Å². The Morgan fingerprint density at radius 2 is 1.94 bits per heavy atom. The minimum Gasteiger partial charge on any atom is -0.495 e. The Kier molecular flexibility index (Phi) is 6.88. The van der Waals surface area contributed by atoms with Crippen LogP contribution in [0.1, 0.15) is 0 Å². The van der Waals surface area contributed by atoms with E-state index in [9.17, 15) is 4.79 Å². The topological polar surface area (TPSA) is 99.9 Å². The lowest BCUT2D eigenvalue weighted by atomic mass is 10.2. The van der Waals surface area contributed by atoms with Crippen LogP contribution in [0.15, 0.2) is 55.0 Å². The summed E-state index contributed by atoms with van der Waals surface area (Å²) >= 11 is 6.47. The molecule has 0 aliphatic carbocycles. The van der Waals surface area contributed by atoms with E-state index >= 15 is 0 Å². The molecule has 186 valence electrons. The van der Waals surface area contributed by atoms with Gasteiger partial charge in [0.15, 0.2) is 0 Å². The lowest BCUT2D eigenvalue weighted by molar-refractivity contribution is -0.130. The van der Waals surface area contributed by atoms with E-state index < -0.39 is 0 Å². The van der Waals surface area contributed by atoms with E-state index in [0.29, 0.717) is 42.0 Å². The predicted octanol–water partition coefficient (Wildman–Crippen LogP) is 3.06. The van der Waals surface area contributed by atoms with E-state index in [1.165, 1.54) is 0 Å². The van der Waals surface area contributed by atoms with Gasteiger partial charge in [0.05, 0.1) is 42.5 Å². The third-order valence-corrected chi connectivity index (χ3v) is 6.44. The number of methoxy groups -OCH3 is 1. The molecule has 3 aromatic heterocycles. The number of nitrogens with one attached hydrogen (secondary N) is 2. The number of pyridine rings is 1. The molecular weight excluding hydrogens is 480 g/mol. The third kappa shape index (κ3) is 4.77. The van der Waals surface area contributed by atoms with Crippen LogP contribution in [-0.4, -0.2) is 77.0 Å². The average Bonchev–Trinajstić information content (AvgIpc) is 3.34. The molecule has 1 amide bonds. The Morgan fingerprint density at radius 3 is 2.72 bits per heavy atom. The normalized spacial score (nSPS) is 13.8. The van der Waals surface area contributed by atoms with Crippen LogP contribution >= 0.6 is 11.6 Å². The second-order valence-corrected chi connectivity index (χ2v) is 8.78. The van der Waals surface area contributed by atoms with Crippen molar-refractivity contribution in [3.05, 3.63) is 60.0 Å². The maximum atomic E-state index is 12.2. The Bertz CT molecular complexity index is 1380. The van der Waals surface area contributed by atoms with E-state index in [2.05, 4.69) is 25.5 Å². The molecule has 4 aromatic rings. The summed E-state index contributed by atoms with van der Waals surface area (Å²) in [6.45, 7) is 3.21. The van der Waals surface area contributed by atoms with Gasteiger partial charge in [0.25, 0.3) is 0 Å². The number of anilines is 3. The van der Waals surface area contributed by atoms with Gasteiger partial charge in [-0.05, 0) is 37.4 Å². The fourth-order valence-electron chi connectivity index (χ4n) is 4.30. The van der Waals surface area contributed by atoms with E-state index in [1.54, 1.807) is 26.6 Å². The van der Waals surface area contributed by atoms with Crippen LogP contribution in [0, 0.1) is 0 Å². The van der Waals surface area contributed by atoms with Crippen molar-refractivity contribution in [2.24, 2.45) is 0 Å². The lowest BCUT2D eigenvalue weighted by Crippen LogP contribution is -2.50. The van der Waals surface area contributed by atoms with Gasteiger partial charge in [0.2, 0.25) is 11.9 Å². The van der Waals surface area contributed by atoms with Crippen LogP contribution in [0.2, 0.25) is 5.02 Å². The van der Waals surface area contributed by atoms with E-state index in [1.807, 2.05) is 51.9 Å². The Morgan fingerprint density at radius 1 is 1.11 bits per heavy atom. The number of hydrogen-bond donors (Lipinski definition) is 2. The van der Waals surface area contributed by atoms with Crippen molar-refractivity contribution in [1.29, 1.82) is 0 Å². The maximum Gasteiger partial charge on any atom is 0.236 e. The van der Waals surface area contributed by atoms with E-state index in [0.717, 1.165) is 35.8 Å². The first-order valence-corrected chi connectivity index (χ1v) is 12.0. The van der Waals surface area contributed by atoms with Crippen molar-refractivity contribution in [3.63, 3.8) is 0 Å². The summed E-state index contributed by atoms with van der Waals surface area (Å²) in [5, 5.41) is 6.64. The smallest absolute Gasteiger partial charge is 0.236 e. The highest BCUT2D eigenvalue weighted by atomic mass is 35.5. The maximum absolute atomic E-state index is 12.2. The number of fused-ring (bicyclic) bond motifs is 1. The van der Waals surface area contributed by atoms with Crippen molar-refractivity contribution in [2.45, 2.75) is 0 Å². The number of hydrogen-bond acceptors (Lipinski definition) is 8. The first kappa shape index (κ1) is 23.8. The molecule has 0 bridgehead atoms. The van der Waals surface area contributed by atoms with Crippen molar-refractivity contribution < 1.29 is 9.53 Å². The van der Waals surface area contributed by atoms with Gasteiger partial charge in [0, 0.05) is 38.1 Å². The zero-order valence-corrected chi connectivity index (χ0v) is 20.9. The van der Waals surface area contributed by atoms with Crippen LogP contribution in [0.3, 0.4) is 0 Å². The molecule has 0 saturated carbocycles. The van der Waals surface area contributed by atoms with Crippen LogP contribution in [0.5, 0.6) is 5.75 Å². The monoisotopic (exact) mass is 506 g/mol. The number of likely N-dealkylation sites (N-methyl/N-ethyl adjacent to an activating group) is 1. The molecule has 10 nitrogen and oxygen atoms in total. The molecule has 1 aliphatic heterocycles. The number of amides is 1. The van der Waals surface area contributed by atoms with Crippen LogP contribution < -0.4 is 20.3 Å². The van der Waals surface area contributed by atoms with Crippen LogP contribution in [-0.2, 0) is 4.79 Å². The van der Waals surface area contributed by atoms with Gasteiger partial charge in [0.1, 0.15) is 17.1 Å². The highest BCUT2D eigenvalue weighted by Gasteiger charge is 2.22. The van der Waals surface area contributed by atoms with Crippen molar-refractivity contribution in [3.8, 4) is 17.1 Å². The molecule has 11 heteroatoms. The summed E-state index contributed by atoms with van der Waals surface area (Å²) < 4.78 is 7.51. The molecule has 36 heavy (non-hydrogen) atoms. The molecule has 1 aromatic carbocycles. The highest BCUT2D eigenvalue weighted by Crippen LogP contribution is 2.33. The number of carbonyl (C=O) groups excluding carboxylic acids is 1. The number of piperazine rings is 1. The number of rotatable bonds is 7.